The number of carbonyl (C=O) groups is 1. The molecule has 1 aliphatic heterocycles. The number of hydrogen-bond acceptors (Lipinski definition) is 4. The molecule has 0 amide bonds. The van der Waals surface area contributed by atoms with Crippen molar-refractivity contribution in [3.63, 3.8) is 0 Å². The highest BCUT2D eigenvalue weighted by atomic mass is 79.9. The van der Waals surface area contributed by atoms with E-state index in [0.29, 0.717) is 17.9 Å². The lowest BCUT2D eigenvalue weighted by Gasteiger charge is -2.07. The van der Waals surface area contributed by atoms with E-state index in [1.54, 1.807) is 6.08 Å². The summed E-state index contributed by atoms with van der Waals surface area (Å²) in [5, 5.41) is 3.91. The van der Waals surface area contributed by atoms with E-state index >= 15 is 0 Å². The van der Waals surface area contributed by atoms with Gasteiger partial charge in [-0.05, 0) is 31.2 Å². The molecule has 1 aliphatic rings. The van der Waals surface area contributed by atoms with Crippen LogP contribution in [0.2, 0.25) is 0 Å². The molecule has 0 atom stereocenters. The standard InChI is InChI=1S/C18H14BrNO3/c1-2-22-16-6-4-3-5-13(16)11-15-17(20-23-18(15)21)12-7-9-14(19)10-8-12/h3-11H,2H2,1H3. The van der Waals surface area contributed by atoms with Crippen molar-refractivity contribution in [2.24, 2.45) is 5.16 Å². The molecule has 4 nitrogen and oxygen atoms in total. The van der Waals surface area contributed by atoms with Crippen LogP contribution in [0.1, 0.15) is 18.1 Å². The number of carbonyl (C=O) groups excluding carboxylic acids is 1. The van der Waals surface area contributed by atoms with Gasteiger partial charge in [-0.1, -0.05) is 51.4 Å². The highest BCUT2D eigenvalue weighted by Gasteiger charge is 2.27. The second kappa shape index (κ2) is 6.79. The highest BCUT2D eigenvalue weighted by molar-refractivity contribution is 9.10. The summed E-state index contributed by atoms with van der Waals surface area (Å²) in [4.78, 5) is 16.9. The fraction of sp³-hybridized carbons (Fsp3) is 0.111. The van der Waals surface area contributed by atoms with Crippen LogP contribution >= 0.6 is 15.9 Å². The van der Waals surface area contributed by atoms with Gasteiger partial charge in [-0.25, -0.2) is 4.79 Å². The Kier molecular flexibility index (Phi) is 4.57. The first-order chi connectivity index (χ1) is 11.2. The maximum Gasteiger partial charge on any atom is 0.368 e. The van der Waals surface area contributed by atoms with Gasteiger partial charge in [0.15, 0.2) is 0 Å². The number of para-hydroxylation sites is 1. The number of ether oxygens (including phenoxy) is 1. The molecule has 0 bridgehead atoms. The van der Waals surface area contributed by atoms with Crippen LogP contribution in [0, 0.1) is 0 Å². The predicted octanol–water partition coefficient (Wildman–Crippen LogP) is 4.19. The fourth-order valence-corrected chi connectivity index (χ4v) is 2.53. The third-order valence-corrected chi connectivity index (χ3v) is 3.86. The normalized spacial score (nSPS) is 15.5. The van der Waals surface area contributed by atoms with E-state index in [-0.39, 0.29) is 0 Å². The molecule has 1 heterocycles. The lowest BCUT2D eigenvalue weighted by molar-refractivity contribution is -0.136. The first-order valence-corrected chi connectivity index (χ1v) is 7.97. The zero-order chi connectivity index (χ0) is 16.2. The number of oxime groups is 1. The van der Waals surface area contributed by atoms with Crippen LogP contribution in [0.4, 0.5) is 0 Å². The predicted molar refractivity (Wildman–Crippen MR) is 92.4 cm³/mol. The van der Waals surface area contributed by atoms with Crippen LogP contribution < -0.4 is 4.74 Å². The Morgan fingerprint density at radius 3 is 2.65 bits per heavy atom. The summed E-state index contributed by atoms with van der Waals surface area (Å²) in [5.74, 6) is 0.256. The Hall–Kier alpha value is -2.40. The van der Waals surface area contributed by atoms with E-state index in [4.69, 9.17) is 9.57 Å². The van der Waals surface area contributed by atoms with E-state index in [1.165, 1.54) is 0 Å². The van der Waals surface area contributed by atoms with Crippen molar-refractivity contribution in [3.05, 3.63) is 69.7 Å². The van der Waals surface area contributed by atoms with Gasteiger partial charge in [0.2, 0.25) is 0 Å². The topological polar surface area (TPSA) is 47.9 Å². The molecule has 0 aliphatic carbocycles. The second-order valence-electron chi connectivity index (χ2n) is 4.85. The Morgan fingerprint density at radius 2 is 1.91 bits per heavy atom. The van der Waals surface area contributed by atoms with Gasteiger partial charge in [-0.3, -0.25) is 0 Å². The molecular weight excluding hydrogens is 358 g/mol. The van der Waals surface area contributed by atoms with Gasteiger partial charge < -0.3 is 9.57 Å². The molecule has 3 rings (SSSR count). The summed E-state index contributed by atoms with van der Waals surface area (Å²) in [6.45, 7) is 2.47. The van der Waals surface area contributed by atoms with E-state index in [2.05, 4.69) is 21.1 Å². The minimum absolute atomic E-state index is 0.416. The molecule has 0 N–H and O–H groups in total. The molecule has 0 radical (unpaired) electrons. The summed E-state index contributed by atoms with van der Waals surface area (Å²) in [6, 6.07) is 15.1. The molecule has 5 heteroatoms. The minimum atomic E-state index is -0.464. The van der Waals surface area contributed by atoms with Gasteiger partial charge in [0, 0.05) is 15.6 Å². The van der Waals surface area contributed by atoms with Gasteiger partial charge in [-0.15, -0.1) is 0 Å². The summed E-state index contributed by atoms with van der Waals surface area (Å²) < 4.78 is 6.55. The van der Waals surface area contributed by atoms with Gasteiger partial charge in [0.25, 0.3) is 0 Å². The number of benzene rings is 2. The molecule has 0 saturated carbocycles. The molecule has 0 spiro atoms. The van der Waals surface area contributed by atoms with Gasteiger partial charge >= 0.3 is 5.97 Å². The number of hydrogen-bond donors (Lipinski definition) is 0. The average Bonchev–Trinajstić information content (AvgIpc) is 2.91. The molecule has 116 valence electrons. The van der Waals surface area contributed by atoms with Crippen LogP contribution in [0.5, 0.6) is 5.75 Å². The van der Waals surface area contributed by atoms with Crippen LogP contribution in [0.3, 0.4) is 0 Å². The summed E-state index contributed by atoms with van der Waals surface area (Å²) in [5.41, 5.74) is 2.57. The molecule has 0 fully saturated rings. The van der Waals surface area contributed by atoms with E-state index < -0.39 is 5.97 Å². The Balaban J connectivity index is 2.01. The Bertz CT molecular complexity index is 794. The Morgan fingerprint density at radius 1 is 1.17 bits per heavy atom. The van der Waals surface area contributed by atoms with Crippen LogP contribution in [-0.4, -0.2) is 18.3 Å². The Labute approximate surface area is 142 Å². The van der Waals surface area contributed by atoms with Crippen molar-refractivity contribution in [3.8, 4) is 5.75 Å². The quantitative estimate of drug-likeness (QED) is 0.597. The van der Waals surface area contributed by atoms with Crippen molar-refractivity contribution in [1.82, 2.24) is 0 Å². The minimum Gasteiger partial charge on any atom is -0.493 e. The van der Waals surface area contributed by atoms with E-state index in [9.17, 15) is 4.79 Å². The lowest BCUT2D eigenvalue weighted by Crippen LogP contribution is -2.07. The fourth-order valence-electron chi connectivity index (χ4n) is 2.27. The van der Waals surface area contributed by atoms with E-state index in [1.807, 2.05) is 55.5 Å². The molecule has 23 heavy (non-hydrogen) atoms. The summed E-state index contributed by atoms with van der Waals surface area (Å²) in [6.07, 6.45) is 1.75. The summed E-state index contributed by atoms with van der Waals surface area (Å²) in [7, 11) is 0. The zero-order valence-corrected chi connectivity index (χ0v) is 14.0. The molecule has 2 aromatic rings. The molecule has 0 saturated heterocycles. The number of nitrogens with zero attached hydrogens (tertiary/aromatic N) is 1. The third kappa shape index (κ3) is 3.35. The van der Waals surface area contributed by atoms with Gasteiger partial charge in [0.05, 0.1) is 12.2 Å². The smallest absolute Gasteiger partial charge is 0.368 e. The maximum atomic E-state index is 12.0. The second-order valence-corrected chi connectivity index (χ2v) is 5.77. The first-order valence-electron chi connectivity index (χ1n) is 7.18. The van der Waals surface area contributed by atoms with Crippen molar-refractivity contribution in [2.75, 3.05) is 6.61 Å². The SMILES string of the molecule is CCOc1ccccc1C=C1C(=O)ON=C1c1ccc(Br)cc1. The van der Waals surface area contributed by atoms with Crippen LogP contribution in [-0.2, 0) is 9.63 Å². The average molecular weight is 372 g/mol. The molecular formula is C18H14BrNO3. The van der Waals surface area contributed by atoms with Crippen molar-refractivity contribution in [1.29, 1.82) is 0 Å². The summed E-state index contributed by atoms with van der Waals surface area (Å²) >= 11 is 3.39. The number of rotatable bonds is 4. The zero-order valence-electron chi connectivity index (χ0n) is 12.5. The monoisotopic (exact) mass is 371 g/mol. The largest absolute Gasteiger partial charge is 0.493 e. The highest BCUT2D eigenvalue weighted by Crippen LogP contribution is 2.26. The maximum absolute atomic E-state index is 12.0. The van der Waals surface area contributed by atoms with E-state index in [0.717, 1.165) is 21.3 Å². The van der Waals surface area contributed by atoms with Crippen molar-refractivity contribution < 1.29 is 14.4 Å². The molecule has 0 unspecified atom stereocenters. The van der Waals surface area contributed by atoms with Gasteiger partial charge in [-0.2, -0.15) is 0 Å². The molecule has 0 aromatic heterocycles. The third-order valence-electron chi connectivity index (χ3n) is 3.33. The van der Waals surface area contributed by atoms with Gasteiger partial charge in [0.1, 0.15) is 11.5 Å². The van der Waals surface area contributed by atoms with Crippen LogP contribution in [0.25, 0.3) is 6.08 Å². The van der Waals surface area contributed by atoms with Crippen molar-refractivity contribution in [2.45, 2.75) is 6.92 Å². The van der Waals surface area contributed by atoms with Crippen molar-refractivity contribution >= 4 is 33.7 Å². The molecule has 2 aromatic carbocycles. The number of halogens is 1. The van der Waals surface area contributed by atoms with Crippen LogP contribution in [0.15, 0.2) is 63.7 Å². The first kappa shape index (κ1) is 15.5. The lowest BCUT2D eigenvalue weighted by atomic mass is 10.0.